The summed E-state index contributed by atoms with van der Waals surface area (Å²) < 4.78 is 2.55. The van der Waals surface area contributed by atoms with Crippen LogP contribution in [0.25, 0.3) is 11.4 Å². The van der Waals surface area contributed by atoms with Crippen LogP contribution in [0, 0.1) is 4.77 Å². The number of rotatable bonds is 3. The fourth-order valence-electron chi connectivity index (χ4n) is 1.23. The minimum atomic E-state index is 0.631. The zero-order valence-electron chi connectivity index (χ0n) is 7.43. The molecule has 0 radical (unpaired) electrons. The minimum absolute atomic E-state index is 0.631. The molecular weight excluding hydrogens is 214 g/mol. The first kappa shape index (κ1) is 9.36. The number of aromatic amines is 1. The third-order valence-corrected chi connectivity index (χ3v) is 2.84. The van der Waals surface area contributed by atoms with Gasteiger partial charge < -0.3 is 0 Å². The van der Waals surface area contributed by atoms with Crippen LogP contribution in [0.2, 0.25) is 0 Å². The number of hydrogen-bond acceptors (Lipinski definition) is 3. The third kappa shape index (κ3) is 1.56. The van der Waals surface area contributed by atoms with E-state index in [1.54, 1.807) is 17.4 Å². The largest absolute Gasteiger partial charge is 0.296 e. The van der Waals surface area contributed by atoms with Crippen molar-refractivity contribution >= 4 is 23.6 Å². The monoisotopic (exact) mass is 223 g/mol. The summed E-state index contributed by atoms with van der Waals surface area (Å²) in [6, 6.07) is 2.02. The van der Waals surface area contributed by atoms with Crippen molar-refractivity contribution in [1.82, 2.24) is 14.8 Å². The Hall–Kier alpha value is -1.20. The molecular formula is C9H9N3S2. The molecule has 0 unspecified atom stereocenters. The summed E-state index contributed by atoms with van der Waals surface area (Å²) in [4.78, 5) is 0. The maximum Gasteiger partial charge on any atom is 0.195 e. The van der Waals surface area contributed by atoms with Crippen LogP contribution in [-0.2, 0) is 6.54 Å². The molecule has 2 heterocycles. The van der Waals surface area contributed by atoms with Gasteiger partial charge in [-0.2, -0.15) is 16.4 Å². The quantitative estimate of drug-likeness (QED) is 0.641. The van der Waals surface area contributed by atoms with E-state index in [-0.39, 0.29) is 0 Å². The Morgan fingerprint density at radius 1 is 1.71 bits per heavy atom. The average molecular weight is 223 g/mol. The van der Waals surface area contributed by atoms with Gasteiger partial charge in [-0.15, -0.1) is 6.58 Å². The summed E-state index contributed by atoms with van der Waals surface area (Å²) in [5, 5.41) is 11.0. The number of aromatic nitrogens is 3. The summed E-state index contributed by atoms with van der Waals surface area (Å²) >= 11 is 6.76. The molecule has 2 rings (SSSR count). The number of thiophene rings is 1. The Kier molecular flexibility index (Phi) is 2.60. The van der Waals surface area contributed by atoms with E-state index in [0.717, 1.165) is 11.4 Å². The van der Waals surface area contributed by atoms with Gasteiger partial charge in [-0.3, -0.25) is 9.67 Å². The first-order valence-corrected chi connectivity index (χ1v) is 5.46. The molecule has 1 N–H and O–H groups in total. The lowest BCUT2D eigenvalue weighted by Gasteiger charge is -2.00. The van der Waals surface area contributed by atoms with Crippen LogP contribution in [-0.4, -0.2) is 14.8 Å². The summed E-state index contributed by atoms with van der Waals surface area (Å²) in [5.74, 6) is 0.871. The first-order valence-electron chi connectivity index (χ1n) is 4.11. The van der Waals surface area contributed by atoms with Crippen LogP contribution in [0.15, 0.2) is 29.5 Å². The molecule has 0 bridgehead atoms. The SMILES string of the molecule is C=CCn1c(-c2ccsc2)n[nH]c1=S. The van der Waals surface area contributed by atoms with Gasteiger partial charge in [-0.05, 0) is 23.7 Å². The zero-order chi connectivity index (χ0) is 9.97. The van der Waals surface area contributed by atoms with Gasteiger partial charge in [0.05, 0.1) is 0 Å². The van der Waals surface area contributed by atoms with Crippen molar-refractivity contribution in [2.24, 2.45) is 0 Å². The molecule has 2 aromatic heterocycles. The van der Waals surface area contributed by atoms with Crippen molar-refractivity contribution in [3.8, 4) is 11.4 Å². The van der Waals surface area contributed by atoms with Crippen molar-refractivity contribution in [3.63, 3.8) is 0 Å². The fourth-order valence-corrected chi connectivity index (χ4v) is 2.07. The molecule has 0 amide bonds. The normalized spacial score (nSPS) is 10.3. The summed E-state index contributed by atoms with van der Waals surface area (Å²) in [5.41, 5.74) is 1.09. The van der Waals surface area contributed by atoms with E-state index in [0.29, 0.717) is 11.3 Å². The number of nitrogens with one attached hydrogen (secondary N) is 1. The number of H-pyrrole nitrogens is 1. The molecule has 0 atom stereocenters. The van der Waals surface area contributed by atoms with Gasteiger partial charge in [-0.25, -0.2) is 0 Å². The number of nitrogens with zero attached hydrogens (tertiary/aromatic N) is 2. The molecule has 5 heteroatoms. The van der Waals surface area contributed by atoms with Gasteiger partial charge in [0.15, 0.2) is 10.6 Å². The second-order valence-corrected chi connectivity index (χ2v) is 3.93. The molecule has 72 valence electrons. The third-order valence-electron chi connectivity index (χ3n) is 1.85. The van der Waals surface area contributed by atoms with Gasteiger partial charge in [0.25, 0.3) is 0 Å². The van der Waals surface area contributed by atoms with E-state index in [2.05, 4.69) is 16.8 Å². The molecule has 2 aromatic rings. The standard InChI is InChI=1S/C9H9N3S2/c1-2-4-12-8(10-11-9(12)13)7-3-5-14-6-7/h2-3,5-6H,1,4H2,(H,11,13). The van der Waals surface area contributed by atoms with E-state index in [4.69, 9.17) is 12.2 Å². The second kappa shape index (κ2) is 3.89. The molecule has 0 spiro atoms. The van der Waals surface area contributed by atoms with Crippen molar-refractivity contribution in [2.75, 3.05) is 0 Å². The molecule has 0 aliphatic carbocycles. The maximum atomic E-state index is 5.11. The molecule has 14 heavy (non-hydrogen) atoms. The minimum Gasteiger partial charge on any atom is -0.296 e. The highest BCUT2D eigenvalue weighted by molar-refractivity contribution is 7.71. The number of allylic oxidation sites excluding steroid dienone is 1. The van der Waals surface area contributed by atoms with Crippen molar-refractivity contribution in [1.29, 1.82) is 0 Å². The Morgan fingerprint density at radius 2 is 2.57 bits per heavy atom. The van der Waals surface area contributed by atoms with Crippen LogP contribution >= 0.6 is 23.6 Å². The Labute approximate surface area is 90.7 Å². The highest BCUT2D eigenvalue weighted by Gasteiger charge is 2.06. The highest BCUT2D eigenvalue weighted by Crippen LogP contribution is 2.19. The van der Waals surface area contributed by atoms with Crippen molar-refractivity contribution < 1.29 is 0 Å². The summed E-state index contributed by atoms with van der Waals surface area (Å²) in [6.45, 7) is 4.37. The Bertz CT molecular complexity index is 478. The molecule has 0 aliphatic heterocycles. The molecule has 0 fully saturated rings. The second-order valence-electron chi connectivity index (χ2n) is 2.76. The van der Waals surface area contributed by atoms with Gasteiger partial charge in [0.2, 0.25) is 0 Å². The van der Waals surface area contributed by atoms with Crippen LogP contribution in [0.3, 0.4) is 0 Å². The lowest BCUT2D eigenvalue weighted by Crippen LogP contribution is -1.97. The fraction of sp³-hybridized carbons (Fsp3) is 0.111. The van der Waals surface area contributed by atoms with Crippen LogP contribution in [0.1, 0.15) is 0 Å². The molecule has 0 saturated heterocycles. The van der Waals surface area contributed by atoms with E-state index in [1.807, 2.05) is 21.4 Å². The molecule has 0 saturated carbocycles. The van der Waals surface area contributed by atoms with Gasteiger partial charge in [0, 0.05) is 17.5 Å². The first-order chi connectivity index (χ1) is 6.83. The number of hydrogen-bond donors (Lipinski definition) is 1. The van der Waals surface area contributed by atoms with Gasteiger partial charge in [-0.1, -0.05) is 6.08 Å². The van der Waals surface area contributed by atoms with Crippen LogP contribution in [0.5, 0.6) is 0 Å². The average Bonchev–Trinajstić information content (AvgIpc) is 2.77. The zero-order valence-corrected chi connectivity index (χ0v) is 9.07. The molecule has 3 nitrogen and oxygen atoms in total. The van der Waals surface area contributed by atoms with E-state index < -0.39 is 0 Å². The van der Waals surface area contributed by atoms with Crippen molar-refractivity contribution in [3.05, 3.63) is 34.3 Å². The smallest absolute Gasteiger partial charge is 0.195 e. The van der Waals surface area contributed by atoms with Gasteiger partial charge >= 0.3 is 0 Å². The lowest BCUT2D eigenvalue weighted by molar-refractivity contribution is 0.814. The Morgan fingerprint density at radius 3 is 3.21 bits per heavy atom. The topological polar surface area (TPSA) is 33.6 Å². The molecule has 0 aliphatic rings. The highest BCUT2D eigenvalue weighted by atomic mass is 32.1. The van der Waals surface area contributed by atoms with Crippen LogP contribution in [0.4, 0.5) is 0 Å². The van der Waals surface area contributed by atoms with Gasteiger partial charge in [0.1, 0.15) is 0 Å². The summed E-state index contributed by atoms with van der Waals surface area (Å²) in [6.07, 6.45) is 1.81. The molecule has 0 aromatic carbocycles. The predicted molar refractivity (Wildman–Crippen MR) is 60.9 cm³/mol. The Balaban J connectivity index is 2.53. The van der Waals surface area contributed by atoms with Crippen molar-refractivity contribution in [2.45, 2.75) is 6.54 Å². The van der Waals surface area contributed by atoms with Crippen LogP contribution < -0.4 is 0 Å². The maximum absolute atomic E-state index is 5.11. The van der Waals surface area contributed by atoms with E-state index in [9.17, 15) is 0 Å². The lowest BCUT2D eigenvalue weighted by atomic mass is 10.3. The summed E-state index contributed by atoms with van der Waals surface area (Å²) in [7, 11) is 0. The van der Waals surface area contributed by atoms with E-state index >= 15 is 0 Å². The van der Waals surface area contributed by atoms with E-state index in [1.165, 1.54) is 0 Å². The predicted octanol–water partition coefficient (Wildman–Crippen LogP) is 2.86.